The molecular formula is C33H34ClF3N8O3. The van der Waals surface area contributed by atoms with Crippen LogP contribution < -0.4 is 15.0 Å². The van der Waals surface area contributed by atoms with Gasteiger partial charge >= 0.3 is 12.1 Å². The van der Waals surface area contributed by atoms with Crippen molar-refractivity contribution in [2.75, 3.05) is 51.0 Å². The van der Waals surface area contributed by atoms with Gasteiger partial charge < -0.3 is 19.7 Å². The number of pyridine rings is 1. The third-order valence-corrected chi connectivity index (χ3v) is 11.5. The summed E-state index contributed by atoms with van der Waals surface area (Å²) in [7, 11) is 0. The lowest BCUT2D eigenvalue weighted by atomic mass is 9.94. The Morgan fingerprint density at radius 2 is 2.08 bits per heavy atom. The minimum atomic E-state index is -1.22. The van der Waals surface area contributed by atoms with Crippen molar-refractivity contribution >= 4 is 45.3 Å². The van der Waals surface area contributed by atoms with E-state index in [0.29, 0.717) is 58.6 Å². The van der Waals surface area contributed by atoms with E-state index in [1.807, 2.05) is 0 Å². The second-order valence-electron chi connectivity index (χ2n) is 14.1. The fourth-order valence-electron chi connectivity index (χ4n) is 8.61. The maximum Gasteiger partial charge on any atom is 0.407 e. The van der Waals surface area contributed by atoms with E-state index in [2.05, 4.69) is 30.4 Å². The molecule has 5 atom stereocenters. The highest BCUT2D eigenvalue weighted by atomic mass is 35.5. The number of hydrogen-bond donors (Lipinski definition) is 2. The van der Waals surface area contributed by atoms with Crippen LogP contribution in [0.5, 0.6) is 6.01 Å². The quantitative estimate of drug-likeness (QED) is 0.289. The molecule has 1 aliphatic carbocycles. The largest absolute Gasteiger partial charge is 0.461 e. The molecule has 0 unspecified atom stereocenters. The number of rotatable bonds is 4. The predicted octanol–water partition coefficient (Wildman–Crippen LogP) is 5.47. The number of aromatic nitrogens is 5. The average molecular weight is 683 g/mol. The summed E-state index contributed by atoms with van der Waals surface area (Å²) in [4.78, 5) is 30.8. The molecule has 1 saturated carbocycles. The number of halogens is 4. The number of alkyl halides is 2. The third-order valence-electron chi connectivity index (χ3n) is 11.1. The molecule has 48 heavy (non-hydrogen) atoms. The summed E-state index contributed by atoms with van der Waals surface area (Å²) in [6.07, 6.45) is 5.21. The summed E-state index contributed by atoms with van der Waals surface area (Å²) in [5, 5.41) is 11.3. The van der Waals surface area contributed by atoms with E-state index in [-0.39, 0.29) is 55.2 Å². The molecule has 0 radical (unpaired) electrons. The Morgan fingerprint density at radius 1 is 1.19 bits per heavy atom. The van der Waals surface area contributed by atoms with E-state index in [4.69, 9.17) is 26.1 Å². The fraction of sp³-hybridized carbons (Fsp3) is 0.545. The van der Waals surface area contributed by atoms with E-state index in [1.54, 1.807) is 17.2 Å². The van der Waals surface area contributed by atoms with Gasteiger partial charge in [-0.2, -0.15) is 15.1 Å². The molecule has 2 N–H and O–H groups in total. The maximum absolute atomic E-state index is 17.1. The lowest BCUT2D eigenvalue weighted by Crippen LogP contribution is -2.52. The zero-order valence-electron chi connectivity index (χ0n) is 26.1. The van der Waals surface area contributed by atoms with Crippen molar-refractivity contribution in [2.24, 2.45) is 5.92 Å². The second kappa shape index (κ2) is 11.1. The Hall–Kier alpha value is -3.91. The molecule has 4 fully saturated rings. The van der Waals surface area contributed by atoms with Crippen molar-refractivity contribution in [1.29, 1.82) is 0 Å². The average Bonchev–Trinajstić information content (AvgIpc) is 3.42. The maximum atomic E-state index is 17.1. The molecule has 11 nitrogen and oxygen atoms in total. The van der Waals surface area contributed by atoms with Crippen LogP contribution in [0.15, 0.2) is 18.5 Å². The van der Waals surface area contributed by atoms with Gasteiger partial charge in [0.15, 0.2) is 5.82 Å². The number of nitrogens with zero attached hydrogens (tertiary/aromatic N) is 6. The van der Waals surface area contributed by atoms with Crippen molar-refractivity contribution in [1.82, 2.24) is 35.4 Å². The number of hydrogen-bond acceptors (Lipinski definition) is 9. The molecule has 3 aromatic heterocycles. The van der Waals surface area contributed by atoms with Crippen LogP contribution in [0.4, 0.5) is 23.8 Å². The SMILES string of the molecule is O=C1N[C@]2(CF)CCN(C2)c2nc(OC[C@@]34CCCN3C[C@H](F)C4)nc3c(F)c(ncc23)-c2c(c(Cl)cc3[nH]ncc23)[C@H]2C[C@H]2CCO1. The lowest BCUT2D eigenvalue weighted by molar-refractivity contribution is 0.107. The molecule has 0 spiro atoms. The summed E-state index contributed by atoms with van der Waals surface area (Å²) in [6, 6.07) is 1.72. The molecule has 4 aromatic rings. The number of H-pyrrole nitrogens is 1. The first-order valence-electron chi connectivity index (χ1n) is 16.6. The minimum absolute atomic E-state index is 0.0140. The molecule has 6 bridgehead atoms. The Bertz CT molecular complexity index is 1960. The van der Waals surface area contributed by atoms with Crippen LogP contribution in [-0.2, 0) is 4.74 Å². The van der Waals surface area contributed by atoms with Gasteiger partial charge in [0.1, 0.15) is 36.5 Å². The van der Waals surface area contributed by atoms with Gasteiger partial charge in [-0.1, -0.05) is 11.6 Å². The second-order valence-corrected chi connectivity index (χ2v) is 14.5. The van der Waals surface area contributed by atoms with Gasteiger partial charge in [0.25, 0.3) is 0 Å². The topological polar surface area (TPSA) is 121 Å². The third kappa shape index (κ3) is 4.77. The van der Waals surface area contributed by atoms with Crippen molar-refractivity contribution < 1.29 is 27.4 Å². The number of amides is 1. The summed E-state index contributed by atoms with van der Waals surface area (Å²) in [5.74, 6) is -0.256. The highest BCUT2D eigenvalue weighted by Crippen LogP contribution is 2.56. The number of anilines is 1. The summed E-state index contributed by atoms with van der Waals surface area (Å²) in [5.41, 5.74) is 0.275. The smallest absolute Gasteiger partial charge is 0.407 e. The van der Waals surface area contributed by atoms with Crippen LogP contribution >= 0.6 is 11.6 Å². The summed E-state index contributed by atoms with van der Waals surface area (Å²) < 4.78 is 58.1. The number of carbonyl (C=O) groups excluding carboxylic acids is 1. The van der Waals surface area contributed by atoms with Crippen LogP contribution in [0.1, 0.15) is 50.0 Å². The van der Waals surface area contributed by atoms with Crippen molar-refractivity contribution in [3.63, 3.8) is 0 Å². The first-order chi connectivity index (χ1) is 23.3. The molecule has 252 valence electrons. The van der Waals surface area contributed by atoms with E-state index in [9.17, 15) is 13.6 Å². The Morgan fingerprint density at radius 3 is 2.96 bits per heavy atom. The number of carbonyl (C=O) groups is 1. The van der Waals surface area contributed by atoms with Crippen LogP contribution in [0.3, 0.4) is 0 Å². The van der Waals surface area contributed by atoms with Gasteiger partial charge in [0, 0.05) is 48.2 Å². The number of alkyl carbamates (subject to hydrolysis) is 1. The first kappa shape index (κ1) is 30.2. The fourth-order valence-corrected chi connectivity index (χ4v) is 8.96. The number of fused-ring (bicyclic) bond motifs is 7. The summed E-state index contributed by atoms with van der Waals surface area (Å²) >= 11 is 6.89. The van der Waals surface area contributed by atoms with Gasteiger partial charge in [-0.15, -0.1) is 0 Å². The van der Waals surface area contributed by atoms with Gasteiger partial charge in [-0.05, 0) is 62.1 Å². The Kier molecular flexibility index (Phi) is 6.95. The van der Waals surface area contributed by atoms with Crippen LogP contribution in [0.2, 0.25) is 5.02 Å². The number of aromatic amines is 1. The van der Waals surface area contributed by atoms with Crippen molar-refractivity contribution in [3.8, 4) is 17.3 Å². The van der Waals surface area contributed by atoms with Crippen molar-refractivity contribution in [2.45, 2.75) is 61.7 Å². The predicted molar refractivity (Wildman–Crippen MR) is 171 cm³/mol. The Balaban J connectivity index is 1.21. The molecular weight excluding hydrogens is 649 g/mol. The Labute approximate surface area is 278 Å². The molecule has 1 amide bonds. The molecule has 6 aliphatic rings. The normalized spacial score (nSPS) is 30.0. The zero-order chi connectivity index (χ0) is 32.8. The molecule has 15 heteroatoms. The van der Waals surface area contributed by atoms with Crippen LogP contribution in [0, 0.1) is 11.7 Å². The standard InChI is InChI=1S/C33H34ClF3N8O3/c34-22-9-23-20(12-39-43-23)25-24(22)19-8-17(19)2-7-47-31(46)42-32(14-35)4-6-44(15-32)29-21-11-38-28(25)26(37)27(21)40-30(41-29)48-16-33-3-1-5-45(33)13-18(36)10-33/h9,11-12,17-19H,1-8,10,13-16H2,(H,39,43)(H,42,46)/t17-,18-,19+,32+,33+/m1/s1. The molecule has 1 aromatic carbocycles. The van der Waals surface area contributed by atoms with Gasteiger partial charge in [0.2, 0.25) is 0 Å². The van der Waals surface area contributed by atoms with Gasteiger partial charge in [-0.25, -0.2) is 18.0 Å². The minimum Gasteiger partial charge on any atom is -0.461 e. The first-order valence-corrected chi connectivity index (χ1v) is 16.9. The summed E-state index contributed by atoms with van der Waals surface area (Å²) in [6.45, 7) is 0.997. The van der Waals surface area contributed by atoms with E-state index in [0.717, 1.165) is 31.4 Å². The lowest BCUT2D eigenvalue weighted by Gasteiger charge is -2.31. The monoisotopic (exact) mass is 682 g/mol. The van der Waals surface area contributed by atoms with Crippen LogP contribution in [0.25, 0.3) is 33.1 Å². The highest BCUT2D eigenvalue weighted by Gasteiger charge is 2.50. The number of benzene rings is 1. The molecule has 10 rings (SSSR count). The van der Waals surface area contributed by atoms with Gasteiger partial charge in [0.05, 0.1) is 34.8 Å². The molecule has 8 heterocycles. The molecule has 5 aliphatic heterocycles. The zero-order valence-corrected chi connectivity index (χ0v) is 26.8. The number of nitrogens with one attached hydrogen (secondary N) is 2. The van der Waals surface area contributed by atoms with E-state index < -0.39 is 35.8 Å². The molecule has 3 saturated heterocycles. The van der Waals surface area contributed by atoms with E-state index >= 15 is 4.39 Å². The van der Waals surface area contributed by atoms with Crippen molar-refractivity contribution in [3.05, 3.63) is 34.9 Å². The number of ether oxygens (including phenoxy) is 2. The highest BCUT2D eigenvalue weighted by molar-refractivity contribution is 6.33. The van der Waals surface area contributed by atoms with E-state index in [1.165, 1.54) is 6.20 Å². The van der Waals surface area contributed by atoms with Gasteiger partial charge in [-0.3, -0.25) is 15.0 Å². The van der Waals surface area contributed by atoms with Crippen LogP contribution in [-0.4, -0.2) is 99.5 Å².